The number of nitro groups is 1. The van der Waals surface area contributed by atoms with Gasteiger partial charge in [-0.3, -0.25) is 14.9 Å². The number of rotatable bonds is 7. The third kappa shape index (κ3) is 4.69. The van der Waals surface area contributed by atoms with Crippen LogP contribution in [0.4, 0.5) is 11.4 Å². The Morgan fingerprint density at radius 3 is 2.48 bits per heavy atom. The van der Waals surface area contributed by atoms with Crippen LogP contribution in [0.5, 0.6) is 0 Å². The number of benzene rings is 2. The molecule has 1 amide bonds. The summed E-state index contributed by atoms with van der Waals surface area (Å²) in [4.78, 5) is 30.5. The lowest BCUT2D eigenvalue weighted by Gasteiger charge is -2.36. The zero-order valence-electron chi connectivity index (χ0n) is 17.4. The number of aromatic nitrogens is 1. The fraction of sp³-hybridized carbons (Fsp3) is 0.348. The van der Waals surface area contributed by atoms with E-state index in [1.54, 1.807) is 12.1 Å². The SMILES string of the molecule is NCCc1c[nH]c2ccc(CCC(=O)N3CCN(c4ccc([N+](=O)[O-])cc4)CC3)cc12. The van der Waals surface area contributed by atoms with E-state index in [1.807, 2.05) is 11.1 Å². The number of fused-ring (bicyclic) bond motifs is 1. The number of amides is 1. The van der Waals surface area contributed by atoms with E-state index in [4.69, 9.17) is 5.73 Å². The second-order valence-corrected chi connectivity index (χ2v) is 7.87. The number of nitro benzene ring substituents is 1. The number of hydrogen-bond acceptors (Lipinski definition) is 5. The summed E-state index contributed by atoms with van der Waals surface area (Å²) in [5, 5.41) is 12.0. The van der Waals surface area contributed by atoms with Gasteiger partial charge in [-0.2, -0.15) is 0 Å². The van der Waals surface area contributed by atoms with Crippen LogP contribution >= 0.6 is 0 Å². The zero-order chi connectivity index (χ0) is 21.8. The van der Waals surface area contributed by atoms with Crippen LogP contribution in [0.2, 0.25) is 0 Å². The number of aromatic amines is 1. The number of non-ortho nitro benzene ring substituents is 1. The second-order valence-electron chi connectivity index (χ2n) is 7.87. The summed E-state index contributed by atoms with van der Waals surface area (Å²) in [6.07, 6.45) is 4.04. The molecule has 3 aromatic rings. The van der Waals surface area contributed by atoms with Crippen molar-refractivity contribution in [3.8, 4) is 0 Å². The lowest BCUT2D eigenvalue weighted by molar-refractivity contribution is -0.384. The Balaban J connectivity index is 1.30. The standard InChI is InChI=1S/C23H27N5O3/c24-10-9-18-16-25-22-7-1-17(15-21(18)22)2-8-23(29)27-13-11-26(12-14-27)19-3-5-20(6-4-19)28(30)31/h1,3-7,15-16,25H,2,8-14,24H2. The minimum atomic E-state index is -0.396. The smallest absolute Gasteiger partial charge is 0.269 e. The normalized spacial score (nSPS) is 14.2. The van der Waals surface area contributed by atoms with Crippen LogP contribution in [0.15, 0.2) is 48.7 Å². The first-order chi connectivity index (χ1) is 15.0. The lowest BCUT2D eigenvalue weighted by atomic mass is 10.0. The van der Waals surface area contributed by atoms with Crippen molar-refractivity contribution >= 4 is 28.2 Å². The quantitative estimate of drug-likeness (QED) is 0.450. The van der Waals surface area contributed by atoms with E-state index >= 15 is 0 Å². The number of nitrogens with two attached hydrogens (primary N) is 1. The molecule has 162 valence electrons. The first-order valence-electron chi connectivity index (χ1n) is 10.6. The van der Waals surface area contributed by atoms with Gasteiger partial charge in [0.05, 0.1) is 4.92 Å². The number of piperazine rings is 1. The fourth-order valence-electron chi connectivity index (χ4n) is 4.15. The molecular formula is C23H27N5O3. The summed E-state index contributed by atoms with van der Waals surface area (Å²) in [7, 11) is 0. The van der Waals surface area contributed by atoms with Gasteiger partial charge in [0, 0.05) is 67.5 Å². The Bertz CT molecular complexity index is 1070. The molecule has 8 nitrogen and oxygen atoms in total. The Labute approximate surface area is 180 Å². The minimum absolute atomic E-state index is 0.0885. The van der Waals surface area contributed by atoms with E-state index < -0.39 is 4.92 Å². The van der Waals surface area contributed by atoms with E-state index in [0.717, 1.165) is 36.3 Å². The number of H-pyrrole nitrogens is 1. The number of aryl methyl sites for hydroxylation is 1. The summed E-state index contributed by atoms with van der Waals surface area (Å²) >= 11 is 0. The van der Waals surface area contributed by atoms with Gasteiger partial charge >= 0.3 is 0 Å². The maximum absolute atomic E-state index is 12.7. The van der Waals surface area contributed by atoms with Gasteiger partial charge in [-0.25, -0.2) is 0 Å². The van der Waals surface area contributed by atoms with Gasteiger partial charge in [0.2, 0.25) is 5.91 Å². The van der Waals surface area contributed by atoms with E-state index in [1.165, 1.54) is 23.1 Å². The molecule has 1 aliphatic heterocycles. The number of hydrogen-bond donors (Lipinski definition) is 2. The maximum atomic E-state index is 12.7. The van der Waals surface area contributed by atoms with Crippen LogP contribution in [0.3, 0.4) is 0 Å². The maximum Gasteiger partial charge on any atom is 0.269 e. The summed E-state index contributed by atoms with van der Waals surface area (Å²) in [5.74, 6) is 0.166. The first-order valence-corrected chi connectivity index (χ1v) is 10.6. The predicted octanol–water partition coefficient (Wildman–Crippen LogP) is 2.86. The van der Waals surface area contributed by atoms with Gasteiger partial charge in [-0.15, -0.1) is 0 Å². The topological polar surface area (TPSA) is 108 Å². The number of carbonyl (C=O) groups excluding carboxylic acids is 1. The van der Waals surface area contributed by atoms with Gasteiger partial charge in [-0.05, 0) is 54.8 Å². The third-order valence-corrected chi connectivity index (χ3v) is 5.93. The molecule has 1 aliphatic rings. The molecule has 2 aromatic carbocycles. The number of anilines is 1. The molecule has 0 bridgehead atoms. The average molecular weight is 422 g/mol. The molecule has 0 unspecified atom stereocenters. The van der Waals surface area contributed by atoms with Crippen molar-refractivity contribution in [3.63, 3.8) is 0 Å². The molecule has 0 aliphatic carbocycles. The van der Waals surface area contributed by atoms with Gasteiger partial charge in [0.15, 0.2) is 0 Å². The highest BCUT2D eigenvalue weighted by Crippen LogP contribution is 2.22. The highest BCUT2D eigenvalue weighted by Gasteiger charge is 2.21. The summed E-state index contributed by atoms with van der Waals surface area (Å²) in [5.41, 5.74) is 10.2. The van der Waals surface area contributed by atoms with Crippen LogP contribution in [0, 0.1) is 10.1 Å². The summed E-state index contributed by atoms with van der Waals surface area (Å²) in [6, 6.07) is 12.9. The molecule has 0 radical (unpaired) electrons. The molecule has 0 atom stereocenters. The van der Waals surface area contributed by atoms with Crippen LogP contribution in [-0.4, -0.2) is 53.4 Å². The summed E-state index contributed by atoms with van der Waals surface area (Å²) in [6.45, 7) is 3.38. The number of nitrogens with zero attached hydrogens (tertiary/aromatic N) is 3. The van der Waals surface area contributed by atoms with E-state index in [-0.39, 0.29) is 11.6 Å². The van der Waals surface area contributed by atoms with E-state index in [0.29, 0.717) is 32.5 Å². The van der Waals surface area contributed by atoms with Crippen LogP contribution < -0.4 is 10.6 Å². The highest BCUT2D eigenvalue weighted by atomic mass is 16.6. The zero-order valence-corrected chi connectivity index (χ0v) is 17.4. The Kier molecular flexibility index (Phi) is 6.18. The largest absolute Gasteiger partial charge is 0.368 e. The monoisotopic (exact) mass is 421 g/mol. The number of carbonyl (C=O) groups is 1. The molecule has 4 rings (SSSR count). The molecule has 0 saturated carbocycles. The van der Waals surface area contributed by atoms with Gasteiger partial charge in [0.25, 0.3) is 5.69 Å². The van der Waals surface area contributed by atoms with Crippen molar-refractivity contribution in [1.29, 1.82) is 0 Å². The lowest BCUT2D eigenvalue weighted by Crippen LogP contribution is -2.48. The molecular weight excluding hydrogens is 394 g/mol. The van der Waals surface area contributed by atoms with Crippen LogP contribution in [0.25, 0.3) is 10.9 Å². The van der Waals surface area contributed by atoms with Crippen LogP contribution in [-0.2, 0) is 17.6 Å². The molecule has 0 spiro atoms. The third-order valence-electron chi connectivity index (χ3n) is 5.93. The van der Waals surface area contributed by atoms with E-state index in [2.05, 4.69) is 28.1 Å². The Morgan fingerprint density at radius 2 is 1.81 bits per heavy atom. The Hall–Kier alpha value is -3.39. The van der Waals surface area contributed by atoms with Crippen molar-refractivity contribution in [2.24, 2.45) is 5.73 Å². The molecule has 1 aromatic heterocycles. The van der Waals surface area contributed by atoms with Crippen molar-refractivity contribution in [2.45, 2.75) is 19.3 Å². The molecule has 1 saturated heterocycles. The summed E-state index contributed by atoms with van der Waals surface area (Å²) < 4.78 is 0. The molecule has 3 N–H and O–H groups in total. The van der Waals surface area contributed by atoms with Crippen molar-refractivity contribution in [2.75, 3.05) is 37.6 Å². The Morgan fingerprint density at radius 1 is 1.06 bits per heavy atom. The van der Waals surface area contributed by atoms with Crippen molar-refractivity contribution in [1.82, 2.24) is 9.88 Å². The van der Waals surface area contributed by atoms with Gasteiger partial charge in [-0.1, -0.05) is 6.07 Å². The second kappa shape index (κ2) is 9.18. The van der Waals surface area contributed by atoms with E-state index in [9.17, 15) is 14.9 Å². The highest BCUT2D eigenvalue weighted by molar-refractivity contribution is 5.84. The van der Waals surface area contributed by atoms with Gasteiger partial charge < -0.3 is 20.5 Å². The predicted molar refractivity (Wildman–Crippen MR) is 121 cm³/mol. The van der Waals surface area contributed by atoms with Crippen molar-refractivity contribution in [3.05, 3.63) is 69.9 Å². The first kappa shape index (κ1) is 20.9. The van der Waals surface area contributed by atoms with Gasteiger partial charge in [0.1, 0.15) is 0 Å². The molecule has 31 heavy (non-hydrogen) atoms. The average Bonchev–Trinajstić information content (AvgIpc) is 3.20. The fourth-order valence-corrected chi connectivity index (χ4v) is 4.15. The minimum Gasteiger partial charge on any atom is -0.368 e. The number of nitrogens with one attached hydrogen (secondary N) is 1. The molecule has 8 heteroatoms. The molecule has 1 fully saturated rings. The van der Waals surface area contributed by atoms with Crippen LogP contribution in [0.1, 0.15) is 17.5 Å². The molecule has 2 heterocycles. The van der Waals surface area contributed by atoms with Crippen molar-refractivity contribution < 1.29 is 9.72 Å².